The highest BCUT2D eigenvalue weighted by Crippen LogP contribution is 2.33. The fourth-order valence-corrected chi connectivity index (χ4v) is 4.95. The molecule has 1 aliphatic carbocycles. The lowest BCUT2D eigenvalue weighted by atomic mass is 10.1. The molecule has 2 aromatic heterocycles. The van der Waals surface area contributed by atoms with E-state index >= 15 is 0 Å². The molecule has 1 aromatic carbocycles. The second-order valence-corrected chi connectivity index (χ2v) is 9.60. The van der Waals surface area contributed by atoms with Crippen molar-refractivity contribution < 1.29 is 9.18 Å². The van der Waals surface area contributed by atoms with Gasteiger partial charge in [0.05, 0.1) is 11.7 Å². The lowest BCUT2D eigenvalue weighted by Crippen LogP contribution is -2.26. The van der Waals surface area contributed by atoms with Gasteiger partial charge in [-0.2, -0.15) is 5.10 Å². The predicted molar refractivity (Wildman–Crippen MR) is 125 cm³/mol. The van der Waals surface area contributed by atoms with E-state index in [1.807, 2.05) is 23.6 Å². The summed E-state index contributed by atoms with van der Waals surface area (Å²) in [5.74, 6) is 0.602. The lowest BCUT2D eigenvalue weighted by Gasteiger charge is -2.23. The number of likely N-dealkylation sites (tertiary alicyclic amines) is 1. The molecule has 1 amide bonds. The Morgan fingerprint density at radius 1 is 1.18 bits per heavy atom. The average Bonchev–Trinajstić information content (AvgIpc) is 3.35. The van der Waals surface area contributed by atoms with Crippen LogP contribution in [0.5, 0.6) is 0 Å². The minimum Gasteiger partial charge on any atom is -0.356 e. The van der Waals surface area contributed by atoms with E-state index in [1.165, 1.54) is 25.0 Å². The third kappa shape index (κ3) is 4.93. The number of hydrogen-bond acceptors (Lipinski definition) is 4. The van der Waals surface area contributed by atoms with Crippen LogP contribution in [0.4, 0.5) is 4.39 Å². The van der Waals surface area contributed by atoms with Crippen molar-refractivity contribution in [2.24, 2.45) is 5.92 Å². The number of aromatic nitrogens is 3. The minimum absolute atomic E-state index is 0.115. The lowest BCUT2D eigenvalue weighted by molar-refractivity contribution is -0.121. The molecule has 1 saturated heterocycles. The van der Waals surface area contributed by atoms with Gasteiger partial charge >= 0.3 is 0 Å². The fourth-order valence-electron chi connectivity index (χ4n) is 4.95. The van der Waals surface area contributed by atoms with Gasteiger partial charge < -0.3 is 5.32 Å². The fraction of sp³-hybridized carbons (Fsp3) is 0.500. The summed E-state index contributed by atoms with van der Waals surface area (Å²) in [6, 6.07) is 9.09. The van der Waals surface area contributed by atoms with E-state index in [2.05, 4.69) is 23.2 Å². The molecule has 1 saturated carbocycles. The number of hydrogen-bond donors (Lipinski definition) is 1. The molecule has 33 heavy (non-hydrogen) atoms. The number of fused-ring (bicyclic) bond motifs is 1. The Labute approximate surface area is 194 Å². The smallest absolute Gasteiger partial charge is 0.220 e. The normalized spacial score (nSPS) is 18.8. The molecule has 0 unspecified atom stereocenters. The molecular formula is C26H32FN5O. The second kappa shape index (κ2) is 9.21. The first-order valence-corrected chi connectivity index (χ1v) is 12.1. The number of carbonyl (C=O) groups is 1. The van der Waals surface area contributed by atoms with Crippen LogP contribution in [0.15, 0.2) is 30.3 Å². The van der Waals surface area contributed by atoms with E-state index in [-0.39, 0.29) is 17.8 Å². The number of nitrogens with zero attached hydrogens (tertiary/aromatic N) is 4. The summed E-state index contributed by atoms with van der Waals surface area (Å²) in [7, 11) is 0. The number of rotatable bonds is 8. The SMILES string of the molecule is Cc1nc2cc([C@H]3CCCN3Cc3ccc(F)cc3)nn2c(C)c1CCC(=O)NCC1CC1. The van der Waals surface area contributed by atoms with Crippen LogP contribution in [-0.2, 0) is 17.8 Å². The Kier molecular flexibility index (Phi) is 6.15. The van der Waals surface area contributed by atoms with Crippen molar-refractivity contribution >= 4 is 11.6 Å². The van der Waals surface area contributed by atoms with Gasteiger partial charge in [-0.1, -0.05) is 12.1 Å². The van der Waals surface area contributed by atoms with Crippen LogP contribution < -0.4 is 5.32 Å². The maximum absolute atomic E-state index is 13.3. The van der Waals surface area contributed by atoms with Gasteiger partial charge in [-0.05, 0) is 81.7 Å². The molecule has 174 valence electrons. The Morgan fingerprint density at radius 3 is 2.73 bits per heavy atom. The zero-order chi connectivity index (χ0) is 22.9. The highest BCUT2D eigenvalue weighted by atomic mass is 19.1. The predicted octanol–water partition coefficient (Wildman–Crippen LogP) is 4.28. The van der Waals surface area contributed by atoms with Gasteiger partial charge in [0.25, 0.3) is 0 Å². The molecule has 0 radical (unpaired) electrons. The third-order valence-electron chi connectivity index (χ3n) is 7.07. The average molecular weight is 450 g/mol. The van der Waals surface area contributed by atoms with Gasteiger partial charge in [0.2, 0.25) is 5.91 Å². The van der Waals surface area contributed by atoms with Crippen molar-refractivity contribution in [3.63, 3.8) is 0 Å². The van der Waals surface area contributed by atoms with Gasteiger partial charge in [0.1, 0.15) is 5.82 Å². The summed E-state index contributed by atoms with van der Waals surface area (Å²) in [4.78, 5) is 19.5. The highest BCUT2D eigenvalue weighted by molar-refractivity contribution is 5.76. The van der Waals surface area contributed by atoms with Crippen molar-refractivity contribution in [1.82, 2.24) is 24.8 Å². The van der Waals surface area contributed by atoms with Crippen LogP contribution >= 0.6 is 0 Å². The number of amides is 1. The van der Waals surface area contributed by atoms with Crippen LogP contribution in [0.2, 0.25) is 0 Å². The first-order valence-electron chi connectivity index (χ1n) is 12.1. The van der Waals surface area contributed by atoms with E-state index in [0.717, 1.165) is 66.3 Å². The number of nitrogens with one attached hydrogen (secondary N) is 1. The van der Waals surface area contributed by atoms with Gasteiger partial charge in [-0.3, -0.25) is 9.69 Å². The van der Waals surface area contributed by atoms with Crippen LogP contribution in [0, 0.1) is 25.6 Å². The standard InChI is InChI=1S/C26H32FN5O/c1-17-22(11-12-26(33)28-15-19-5-6-19)18(2)32-25(29-17)14-23(30-32)24-4-3-13-31(24)16-20-7-9-21(27)10-8-20/h7-10,14,19,24H,3-6,11-13,15-16H2,1-2H3,(H,28,33)/t24-/m1/s1. The van der Waals surface area contributed by atoms with E-state index in [4.69, 9.17) is 10.1 Å². The zero-order valence-electron chi connectivity index (χ0n) is 19.5. The van der Waals surface area contributed by atoms with Crippen molar-refractivity contribution in [2.45, 2.75) is 65.0 Å². The number of benzene rings is 1. The molecule has 3 heterocycles. The quantitative estimate of drug-likeness (QED) is 0.558. The number of carbonyl (C=O) groups excluding carboxylic acids is 1. The van der Waals surface area contributed by atoms with Crippen molar-refractivity contribution in [3.05, 3.63) is 64.4 Å². The van der Waals surface area contributed by atoms with E-state index in [1.54, 1.807) is 0 Å². The number of aryl methyl sites for hydroxylation is 2. The van der Waals surface area contributed by atoms with Crippen molar-refractivity contribution in [3.8, 4) is 0 Å². The van der Waals surface area contributed by atoms with Gasteiger partial charge in [0, 0.05) is 37.0 Å². The summed E-state index contributed by atoms with van der Waals surface area (Å²) in [6.45, 7) is 6.69. The van der Waals surface area contributed by atoms with Crippen LogP contribution in [-0.4, -0.2) is 38.5 Å². The molecule has 2 aliphatic rings. The minimum atomic E-state index is -0.204. The monoisotopic (exact) mass is 449 g/mol. The summed E-state index contributed by atoms with van der Waals surface area (Å²) in [5, 5.41) is 8.00. The van der Waals surface area contributed by atoms with Gasteiger partial charge in [-0.25, -0.2) is 13.9 Å². The first kappa shape index (κ1) is 22.0. The zero-order valence-corrected chi connectivity index (χ0v) is 19.5. The molecule has 6 nitrogen and oxygen atoms in total. The molecule has 7 heteroatoms. The first-order chi connectivity index (χ1) is 16.0. The molecule has 5 rings (SSSR count). The maximum Gasteiger partial charge on any atom is 0.220 e. The third-order valence-corrected chi connectivity index (χ3v) is 7.07. The molecule has 1 N–H and O–H groups in total. The summed E-state index contributed by atoms with van der Waals surface area (Å²) in [5.41, 5.74) is 6.13. The topological polar surface area (TPSA) is 62.5 Å². The Morgan fingerprint density at radius 2 is 1.97 bits per heavy atom. The van der Waals surface area contributed by atoms with E-state index in [0.29, 0.717) is 18.8 Å². The van der Waals surface area contributed by atoms with Gasteiger partial charge in [-0.15, -0.1) is 0 Å². The summed E-state index contributed by atoms with van der Waals surface area (Å²) in [6.07, 6.45) is 5.80. The Balaban J connectivity index is 1.32. The van der Waals surface area contributed by atoms with E-state index < -0.39 is 0 Å². The largest absolute Gasteiger partial charge is 0.356 e. The van der Waals surface area contributed by atoms with Gasteiger partial charge in [0.15, 0.2) is 5.65 Å². The van der Waals surface area contributed by atoms with Crippen molar-refractivity contribution in [2.75, 3.05) is 13.1 Å². The van der Waals surface area contributed by atoms with Crippen molar-refractivity contribution in [1.29, 1.82) is 0 Å². The van der Waals surface area contributed by atoms with E-state index in [9.17, 15) is 9.18 Å². The molecule has 3 aromatic rings. The Hall–Kier alpha value is -2.80. The maximum atomic E-state index is 13.3. The Bertz CT molecular complexity index is 1150. The molecule has 0 spiro atoms. The molecule has 1 aliphatic heterocycles. The summed E-state index contributed by atoms with van der Waals surface area (Å²) >= 11 is 0. The molecule has 0 bridgehead atoms. The molecule has 2 fully saturated rings. The second-order valence-electron chi connectivity index (χ2n) is 9.60. The van der Waals surface area contributed by atoms with Crippen LogP contribution in [0.25, 0.3) is 5.65 Å². The molecular weight excluding hydrogens is 417 g/mol. The molecule has 1 atom stereocenters. The highest BCUT2D eigenvalue weighted by Gasteiger charge is 2.29. The van der Waals surface area contributed by atoms with Crippen LogP contribution in [0.3, 0.4) is 0 Å². The van der Waals surface area contributed by atoms with Crippen LogP contribution in [0.1, 0.15) is 66.4 Å². The summed E-state index contributed by atoms with van der Waals surface area (Å²) < 4.78 is 15.2. The number of halogens is 1.